The summed E-state index contributed by atoms with van der Waals surface area (Å²) < 4.78 is 13.5. The van der Waals surface area contributed by atoms with Gasteiger partial charge in [0.2, 0.25) is 5.91 Å². The summed E-state index contributed by atoms with van der Waals surface area (Å²) in [5, 5.41) is 5.08. The Hall–Kier alpha value is -2.11. The van der Waals surface area contributed by atoms with E-state index in [-0.39, 0.29) is 23.2 Å². The standard InChI is InChI=1S/C13H18FN3O2/c1-7(2)16-12(18)8(3)17-13(19)10-6-9(15)4-5-11(10)14/h4-8H,15H2,1-3H3,(H,16,18)(H,17,19). The Labute approximate surface area is 111 Å². The van der Waals surface area contributed by atoms with Crippen molar-refractivity contribution in [1.29, 1.82) is 0 Å². The zero-order chi connectivity index (χ0) is 14.6. The van der Waals surface area contributed by atoms with Crippen LogP contribution >= 0.6 is 0 Å². The van der Waals surface area contributed by atoms with Crippen molar-refractivity contribution in [3.63, 3.8) is 0 Å². The highest BCUT2D eigenvalue weighted by Gasteiger charge is 2.19. The van der Waals surface area contributed by atoms with E-state index < -0.39 is 17.8 Å². The summed E-state index contributed by atoms with van der Waals surface area (Å²) in [6.45, 7) is 5.15. The number of anilines is 1. The Balaban J connectivity index is 2.74. The van der Waals surface area contributed by atoms with Crippen molar-refractivity contribution in [1.82, 2.24) is 10.6 Å². The summed E-state index contributed by atoms with van der Waals surface area (Å²) in [4.78, 5) is 23.5. The lowest BCUT2D eigenvalue weighted by Gasteiger charge is -2.16. The number of nitrogens with one attached hydrogen (secondary N) is 2. The van der Waals surface area contributed by atoms with E-state index in [0.29, 0.717) is 0 Å². The molecule has 1 atom stereocenters. The van der Waals surface area contributed by atoms with Gasteiger partial charge in [0.25, 0.3) is 5.91 Å². The van der Waals surface area contributed by atoms with Crippen molar-refractivity contribution < 1.29 is 14.0 Å². The second-order valence-corrected chi connectivity index (χ2v) is 4.60. The predicted octanol–water partition coefficient (Wildman–Crippen LogP) is 1.05. The van der Waals surface area contributed by atoms with Gasteiger partial charge < -0.3 is 16.4 Å². The molecule has 0 heterocycles. The van der Waals surface area contributed by atoms with Gasteiger partial charge in [-0.15, -0.1) is 0 Å². The van der Waals surface area contributed by atoms with Crippen LogP contribution in [0, 0.1) is 5.82 Å². The molecule has 6 heteroatoms. The summed E-state index contributed by atoms with van der Waals surface area (Å²) in [5.41, 5.74) is 5.60. The van der Waals surface area contributed by atoms with Crippen LogP contribution in [-0.2, 0) is 4.79 Å². The zero-order valence-corrected chi connectivity index (χ0v) is 11.2. The minimum Gasteiger partial charge on any atom is -0.399 e. The molecule has 0 aromatic heterocycles. The number of hydrogen-bond acceptors (Lipinski definition) is 3. The number of amides is 2. The van der Waals surface area contributed by atoms with E-state index in [4.69, 9.17) is 5.73 Å². The van der Waals surface area contributed by atoms with Crippen LogP contribution in [0.1, 0.15) is 31.1 Å². The maximum atomic E-state index is 13.5. The average molecular weight is 267 g/mol. The molecule has 1 aromatic rings. The molecule has 4 N–H and O–H groups in total. The largest absolute Gasteiger partial charge is 0.399 e. The second-order valence-electron chi connectivity index (χ2n) is 4.60. The third-order valence-corrected chi connectivity index (χ3v) is 2.41. The zero-order valence-electron chi connectivity index (χ0n) is 11.2. The van der Waals surface area contributed by atoms with Crippen molar-refractivity contribution in [2.45, 2.75) is 32.9 Å². The molecule has 19 heavy (non-hydrogen) atoms. The van der Waals surface area contributed by atoms with Gasteiger partial charge in [0, 0.05) is 11.7 Å². The molecule has 0 bridgehead atoms. The monoisotopic (exact) mass is 267 g/mol. The predicted molar refractivity (Wildman–Crippen MR) is 71.0 cm³/mol. The number of hydrogen-bond donors (Lipinski definition) is 3. The summed E-state index contributed by atoms with van der Waals surface area (Å²) in [7, 11) is 0. The smallest absolute Gasteiger partial charge is 0.254 e. The van der Waals surface area contributed by atoms with Gasteiger partial charge in [-0.3, -0.25) is 9.59 Å². The van der Waals surface area contributed by atoms with Gasteiger partial charge in [-0.25, -0.2) is 4.39 Å². The van der Waals surface area contributed by atoms with Crippen molar-refractivity contribution in [2.75, 3.05) is 5.73 Å². The topological polar surface area (TPSA) is 84.2 Å². The minimum absolute atomic E-state index is 0.0315. The molecule has 0 saturated heterocycles. The molecular formula is C13H18FN3O2. The molecule has 0 aliphatic heterocycles. The first-order chi connectivity index (χ1) is 8.81. The molecule has 0 fully saturated rings. The van der Waals surface area contributed by atoms with Crippen molar-refractivity contribution >= 4 is 17.5 Å². The number of benzene rings is 1. The molecule has 0 aliphatic rings. The molecule has 1 rings (SSSR count). The molecule has 1 unspecified atom stereocenters. The first kappa shape index (κ1) is 14.9. The third-order valence-electron chi connectivity index (χ3n) is 2.41. The number of halogens is 1. The minimum atomic E-state index is -0.754. The lowest BCUT2D eigenvalue weighted by Crippen LogP contribution is -2.46. The summed E-state index contributed by atoms with van der Waals surface area (Å²) >= 11 is 0. The number of carbonyl (C=O) groups excluding carboxylic acids is 2. The van der Waals surface area contributed by atoms with Gasteiger partial charge in [0.05, 0.1) is 5.56 Å². The summed E-state index contributed by atoms with van der Waals surface area (Å²) in [5.74, 6) is -1.67. The molecule has 0 spiro atoms. The van der Waals surface area contributed by atoms with Gasteiger partial charge in [-0.2, -0.15) is 0 Å². The SMILES string of the molecule is CC(C)NC(=O)C(C)NC(=O)c1cc(N)ccc1F. The van der Waals surface area contributed by atoms with E-state index >= 15 is 0 Å². The molecule has 0 saturated carbocycles. The Kier molecular flexibility index (Phi) is 4.86. The van der Waals surface area contributed by atoms with Crippen LogP contribution in [0.3, 0.4) is 0 Å². The van der Waals surface area contributed by atoms with E-state index in [1.54, 1.807) is 0 Å². The van der Waals surface area contributed by atoms with Gasteiger partial charge in [-0.1, -0.05) is 0 Å². The van der Waals surface area contributed by atoms with Gasteiger partial charge in [0.15, 0.2) is 0 Å². The number of rotatable bonds is 4. The quantitative estimate of drug-likeness (QED) is 0.713. The van der Waals surface area contributed by atoms with Crippen molar-refractivity contribution in [3.05, 3.63) is 29.6 Å². The lowest BCUT2D eigenvalue weighted by molar-refractivity contribution is -0.123. The van der Waals surface area contributed by atoms with Gasteiger partial charge in [-0.05, 0) is 39.0 Å². The first-order valence-corrected chi connectivity index (χ1v) is 5.97. The van der Waals surface area contributed by atoms with E-state index in [0.717, 1.165) is 6.07 Å². The van der Waals surface area contributed by atoms with Gasteiger partial charge >= 0.3 is 0 Å². The molecule has 1 aromatic carbocycles. The highest BCUT2D eigenvalue weighted by Crippen LogP contribution is 2.12. The summed E-state index contributed by atoms with van der Waals surface area (Å²) in [6.07, 6.45) is 0. The lowest BCUT2D eigenvalue weighted by atomic mass is 10.1. The van der Waals surface area contributed by atoms with Crippen LogP contribution < -0.4 is 16.4 Å². The van der Waals surface area contributed by atoms with E-state index in [9.17, 15) is 14.0 Å². The maximum Gasteiger partial charge on any atom is 0.254 e. The van der Waals surface area contributed by atoms with Crippen LogP contribution in [0.15, 0.2) is 18.2 Å². The second kappa shape index (κ2) is 6.17. The van der Waals surface area contributed by atoms with E-state index in [1.807, 2.05) is 13.8 Å². The Morgan fingerprint density at radius 1 is 1.21 bits per heavy atom. The van der Waals surface area contributed by atoms with E-state index in [2.05, 4.69) is 10.6 Å². The van der Waals surface area contributed by atoms with Crippen LogP contribution in [-0.4, -0.2) is 23.9 Å². The Bertz CT molecular complexity index is 489. The van der Waals surface area contributed by atoms with Gasteiger partial charge in [0.1, 0.15) is 11.9 Å². The fourth-order valence-corrected chi connectivity index (χ4v) is 1.47. The van der Waals surface area contributed by atoms with Crippen molar-refractivity contribution in [3.8, 4) is 0 Å². The Morgan fingerprint density at radius 2 is 1.84 bits per heavy atom. The van der Waals surface area contributed by atoms with Crippen LogP contribution in [0.25, 0.3) is 0 Å². The summed E-state index contributed by atoms with van der Waals surface area (Å²) in [6, 6.07) is 2.92. The maximum absolute atomic E-state index is 13.5. The number of nitrogen functional groups attached to an aromatic ring is 1. The fourth-order valence-electron chi connectivity index (χ4n) is 1.47. The molecule has 0 radical (unpaired) electrons. The molecular weight excluding hydrogens is 249 g/mol. The van der Waals surface area contributed by atoms with Crippen LogP contribution in [0.5, 0.6) is 0 Å². The first-order valence-electron chi connectivity index (χ1n) is 5.97. The normalized spacial score (nSPS) is 12.1. The average Bonchev–Trinajstić information content (AvgIpc) is 2.31. The molecule has 104 valence electrons. The Morgan fingerprint density at radius 3 is 2.42 bits per heavy atom. The number of carbonyl (C=O) groups is 2. The molecule has 0 aliphatic carbocycles. The fraction of sp³-hybridized carbons (Fsp3) is 0.385. The van der Waals surface area contributed by atoms with E-state index in [1.165, 1.54) is 19.1 Å². The number of nitrogens with two attached hydrogens (primary N) is 1. The van der Waals surface area contributed by atoms with Crippen LogP contribution in [0.4, 0.5) is 10.1 Å². The van der Waals surface area contributed by atoms with Crippen LogP contribution in [0.2, 0.25) is 0 Å². The van der Waals surface area contributed by atoms with Crippen molar-refractivity contribution in [2.24, 2.45) is 0 Å². The third kappa shape index (κ3) is 4.24. The highest BCUT2D eigenvalue weighted by atomic mass is 19.1. The molecule has 2 amide bonds. The molecule has 5 nitrogen and oxygen atoms in total. The highest BCUT2D eigenvalue weighted by molar-refractivity contribution is 5.98.